The Bertz CT molecular complexity index is 2880. The first-order valence-electron chi connectivity index (χ1n) is 21.6. The fourth-order valence-corrected chi connectivity index (χ4v) is 11.3. The van der Waals surface area contributed by atoms with Gasteiger partial charge in [0, 0.05) is 39.5 Å². The summed E-state index contributed by atoms with van der Waals surface area (Å²) in [6.07, 6.45) is -2.02. The van der Waals surface area contributed by atoms with E-state index in [0.29, 0.717) is 13.1 Å². The Kier molecular flexibility index (Phi) is 9.89. The third-order valence-corrected chi connectivity index (χ3v) is 13.5. The number of nitrogens with zero attached hydrogens (tertiary/aromatic N) is 16. The van der Waals surface area contributed by atoms with Crippen LogP contribution in [-0.2, 0) is 72.1 Å². The van der Waals surface area contributed by atoms with Crippen molar-refractivity contribution < 1.29 is 47.6 Å². The Morgan fingerprint density at radius 3 is 1.38 bits per heavy atom. The van der Waals surface area contributed by atoms with Gasteiger partial charge in [0.15, 0.2) is 58.4 Å². The number of carbonyl (C=O) groups excluding carboxylic acids is 4. The minimum Gasteiger partial charge on any atom is -0.453 e. The average molecular weight is 980 g/mol. The minimum atomic E-state index is -2.16. The maximum absolute atomic E-state index is 13.6. The normalized spacial score (nSPS) is 31.1. The second-order valence-electron chi connectivity index (χ2n) is 16.9. The van der Waals surface area contributed by atoms with Gasteiger partial charge in [0.2, 0.25) is 33.7 Å². The molecule has 0 amide bonds. The number of anilines is 2. The van der Waals surface area contributed by atoms with Gasteiger partial charge in [-0.25, -0.2) is 9.97 Å². The van der Waals surface area contributed by atoms with Gasteiger partial charge in [0.05, 0.1) is 25.7 Å². The van der Waals surface area contributed by atoms with E-state index >= 15 is 0 Å². The molecule has 3 fully saturated rings. The van der Waals surface area contributed by atoms with Crippen molar-refractivity contribution in [2.45, 2.75) is 128 Å². The van der Waals surface area contributed by atoms with Crippen LogP contribution in [0.15, 0.2) is 12.7 Å². The van der Waals surface area contributed by atoms with Crippen molar-refractivity contribution in [3.8, 4) is 0 Å². The molecule has 4 aliphatic heterocycles. The van der Waals surface area contributed by atoms with Crippen LogP contribution in [0.3, 0.4) is 0 Å². The number of halogens is 2. The molecule has 1 unspecified atom stereocenters. The molecule has 0 aromatic carbocycles. The fraction of sp³-hybridized carbons (Fsp3) is 0.579. The number of nitrogens with one attached hydrogen (secondary N) is 2. The summed E-state index contributed by atoms with van der Waals surface area (Å²) in [7, 11) is 0. The highest BCUT2D eigenvalue weighted by molar-refractivity contribution is 6.29. The van der Waals surface area contributed by atoms with Crippen molar-refractivity contribution in [2.24, 2.45) is 11.8 Å². The molecule has 68 heavy (non-hydrogen) atoms. The summed E-state index contributed by atoms with van der Waals surface area (Å²) in [6, 6.07) is 0. The van der Waals surface area contributed by atoms with Gasteiger partial charge in [-0.2, -0.15) is 29.5 Å². The van der Waals surface area contributed by atoms with E-state index in [9.17, 15) is 19.2 Å². The molecular weight excluding hydrogens is 939 g/mol. The van der Waals surface area contributed by atoms with Crippen LogP contribution in [0.25, 0.3) is 22.3 Å². The topological polar surface area (TPSA) is 322 Å². The monoisotopic (exact) mass is 978 g/mol. The molecule has 0 radical (unpaired) electrons. The molecule has 30 heteroatoms. The molecule has 356 valence electrons. The molecule has 10 heterocycles. The zero-order chi connectivity index (χ0) is 47.7. The highest BCUT2D eigenvalue weighted by atomic mass is 35.5. The Labute approximate surface area is 392 Å². The van der Waals surface area contributed by atoms with Gasteiger partial charge in [0.1, 0.15) is 0 Å². The highest BCUT2D eigenvalue weighted by Crippen LogP contribution is 2.65. The van der Waals surface area contributed by atoms with Crippen LogP contribution in [0, 0.1) is 11.8 Å². The number of imidazole rings is 2. The van der Waals surface area contributed by atoms with Crippen LogP contribution in [0.5, 0.6) is 0 Å². The average Bonchev–Trinajstić information content (AvgIpc) is 4.14. The molecule has 1 saturated carbocycles. The van der Waals surface area contributed by atoms with Gasteiger partial charge in [-0.05, 0) is 73.2 Å². The van der Waals surface area contributed by atoms with Gasteiger partial charge < -0.3 is 39.1 Å². The summed E-state index contributed by atoms with van der Waals surface area (Å²) in [6.45, 7) is 9.12. The van der Waals surface area contributed by atoms with E-state index in [1.165, 1.54) is 49.9 Å². The van der Waals surface area contributed by atoms with Crippen LogP contribution < -0.4 is 10.6 Å². The number of hydrogen-bond donors (Lipinski definition) is 2. The second-order valence-corrected chi connectivity index (χ2v) is 17.6. The Balaban J connectivity index is 1.11. The number of aryl methyl sites for hydroxylation is 2. The molecule has 2 saturated heterocycles. The van der Waals surface area contributed by atoms with E-state index in [0.717, 1.165) is 0 Å². The molecule has 28 nitrogen and oxygen atoms in total. The predicted molar refractivity (Wildman–Crippen MR) is 224 cm³/mol. The first kappa shape index (κ1) is 43.8. The first-order chi connectivity index (χ1) is 32.6. The number of carbonyl (C=O) groups is 4. The lowest BCUT2D eigenvalue weighted by Gasteiger charge is -2.53. The van der Waals surface area contributed by atoms with Gasteiger partial charge >= 0.3 is 23.9 Å². The van der Waals surface area contributed by atoms with E-state index in [4.69, 9.17) is 51.6 Å². The predicted octanol–water partition coefficient (Wildman–Crippen LogP) is 1.87. The third-order valence-electron chi connectivity index (χ3n) is 13.1. The summed E-state index contributed by atoms with van der Waals surface area (Å²) in [4.78, 5) is 83.8. The Hall–Kier alpha value is -6.78. The zero-order valence-corrected chi connectivity index (χ0v) is 38.4. The van der Waals surface area contributed by atoms with Gasteiger partial charge in [-0.3, -0.25) is 28.3 Å². The fourth-order valence-electron chi connectivity index (χ4n) is 10.9. The molecule has 5 aliphatic rings. The molecule has 0 spiro atoms. The van der Waals surface area contributed by atoms with Crippen LogP contribution in [0.2, 0.25) is 10.6 Å². The molecule has 2 N–H and O–H groups in total. The maximum atomic E-state index is 13.6. The molecule has 1 aliphatic carbocycles. The van der Waals surface area contributed by atoms with Crippen LogP contribution in [-0.4, -0.2) is 127 Å². The molecule has 8 bridgehead atoms. The molecule has 6 aromatic rings. The van der Waals surface area contributed by atoms with Gasteiger partial charge in [-0.1, -0.05) is 0 Å². The summed E-state index contributed by atoms with van der Waals surface area (Å²) >= 11 is 13.1. The Morgan fingerprint density at radius 1 is 0.647 bits per heavy atom. The lowest BCUT2D eigenvalue weighted by atomic mass is 9.68. The summed E-state index contributed by atoms with van der Waals surface area (Å²) < 4.78 is 43.0. The Morgan fingerprint density at radius 2 is 1.04 bits per heavy atom. The third kappa shape index (κ3) is 5.98. The van der Waals surface area contributed by atoms with E-state index in [-0.39, 0.29) is 81.9 Å². The van der Waals surface area contributed by atoms with Crippen molar-refractivity contribution >= 4 is 81.0 Å². The van der Waals surface area contributed by atoms with E-state index in [2.05, 4.69) is 71.4 Å². The number of rotatable bonds is 10. The second kappa shape index (κ2) is 15.4. The molecule has 6 aromatic heterocycles. The van der Waals surface area contributed by atoms with Crippen LogP contribution in [0.1, 0.15) is 91.1 Å². The van der Waals surface area contributed by atoms with Gasteiger partial charge in [-0.15, -0.1) is 20.4 Å². The first-order valence-corrected chi connectivity index (χ1v) is 22.4. The zero-order valence-electron chi connectivity index (χ0n) is 36.9. The smallest absolute Gasteiger partial charge is 0.305 e. The highest BCUT2D eigenvalue weighted by Gasteiger charge is 2.80. The van der Waals surface area contributed by atoms with Crippen LogP contribution in [0.4, 0.5) is 11.6 Å². The SMILES string of the molecule is CCn1nnc([C@H]2O[C@@]3(C4CCC([C@@]56O[C@H](c7nnn(CC)n7)[C@@H](OC(C)=O)[C@]5(OC(C)=O)Nc5nc(Cl)nc7c5ncn76)CC4)n4cnc5c(nc(Cl)nc54)N[C@@]3(OC(C)=O)C2OC(C)=O)n1. The maximum Gasteiger partial charge on any atom is 0.305 e. The minimum absolute atomic E-state index is 0.0160. The van der Waals surface area contributed by atoms with E-state index in [1.54, 1.807) is 9.13 Å². The van der Waals surface area contributed by atoms with Crippen molar-refractivity contribution in [1.82, 2.24) is 79.5 Å². The molecule has 8 atom stereocenters. The largest absolute Gasteiger partial charge is 0.453 e. The standard InChI is InChI=1S/C38H40Cl2N18O10/c1-7-57-51-29(49-53-57)23-25(63-15(3)59)35(65-17(5)61)37(67-23,55-13-41-21-27(47-35)43-33(39)45-31(21)55)19-9-11-20(12-10-19)38-36(66-18(6)62,48-28-22-32(46-34(40)44-28)56(38)14-42-22)26(64-16(4)60)24(68-38)30-50-54-58(8-2)52-30/h13-14,19-20,23-26H,7-12H2,1-6H3,(H,43,45,47)(H,44,46,48)/t19?,20?,23-,24-,25+,26?,35+,36+,37+,38+/m0/s1. The van der Waals surface area contributed by atoms with Crippen molar-refractivity contribution in [3.05, 3.63) is 34.9 Å². The van der Waals surface area contributed by atoms with E-state index in [1.807, 2.05) is 13.8 Å². The summed E-state index contributed by atoms with van der Waals surface area (Å²) in [5, 5.41) is 32.2. The molecule has 11 rings (SSSR count). The number of tetrazole rings is 2. The number of ether oxygens (including phenoxy) is 6. The summed E-state index contributed by atoms with van der Waals surface area (Å²) in [5.74, 6) is -4.39. The lowest BCUT2D eigenvalue weighted by Crippen LogP contribution is -2.69. The van der Waals surface area contributed by atoms with E-state index < -0.39 is 83.0 Å². The number of fused-ring (bicyclic) bond motifs is 4. The van der Waals surface area contributed by atoms with Crippen molar-refractivity contribution in [3.63, 3.8) is 0 Å². The number of aromatic nitrogens is 16. The quantitative estimate of drug-likeness (QED) is 0.112. The molecular formula is C38H40Cl2N18O10. The van der Waals surface area contributed by atoms with Gasteiger partial charge in [0.25, 0.3) is 11.4 Å². The van der Waals surface area contributed by atoms with Crippen LogP contribution >= 0.6 is 23.2 Å². The number of esters is 4. The van der Waals surface area contributed by atoms with Crippen molar-refractivity contribution in [2.75, 3.05) is 10.6 Å². The number of hydrogen-bond acceptors (Lipinski definition) is 24. The lowest BCUT2D eigenvalue weighted by molar-refractivity contribution is -0.253. The summed E-state index contributed by atoms with van der Waals surface area (Å²) in [5.41, 5.74) is -7.26. The van der Waals surface area contributed by atoms with Crippen molar-refractivity contribution in [1.29, 1.82) is 0 Å².